The van der Waals surface area contributed by atoms with Gasteiger partial charge in [-0.25, -0.2) is 9.07 Å². The number of hydrogen-bond acceptors (Lipinski definition) is 4. The van der Waals surface area contributed by atoms with Crippen LogP contribution in [0, 0.1) is 12.7 Å². The summed E-state index contributed by atoms with van der Waals surface area (Å²) in [6, 6.07) is 3.18. The third kappa shape index (κ3) is 1.56. The summed E-state index contributed by atoms with van der Waals surface area (Å²) in [6.07, 6.45) is 2.02. The van der Waals surface area contributed by atoms with E-state index in [-0.39, 0.29) is 11.4 Å². The maximum atomic E-state index is 14.2. The first-order chi connectivity index (χ1) is 8.51. The number of anilines is 1. The highest BCUT2D eigenvalue weighted by molar-refractivity contribution is 5.64. The van der Waals surface area contributed by atoms with Gasteiger partial charge in [-0.05, 0) is 54.8 Å². The third-order valence-corrected chi connectivity index (χ3v) is 3.47. The van der Waals surface area contributed by atoms with E-state index in [0.29, 0.717) is 22.6 Å². The number of halogens is 1. The molecule has 0 bridgehead atoms. The van der Waals surface area contributed by atoms with Gasteiger partial charge in [-0.1, -0.05) is 0 Å². The molecule has 1 aliphatic rings. The van der Waals surface area contributed by atoms with Crippen molar-refractivity contribution >= 4 is 5.69 Å². The summed E-state index contributed by atoms with van der Waals surface area (Å²) in [5, 5.41) is 11.6. The van der Waals surface area contributed by atoms with Crippen molar-refractivity contribution in [3.8, 4) is 11.4 Å². The van der Waals surface area contributed by atoms with Crippen LogP contribution < -0.4 is 5.73 Å². The SMILES string of the molecule is Cc1cc(N)cc(-c2nnnn2C2(C)CC2)c1F. The Balaban J connectivity index is 2.19. The second kappa shape index (κ2) is 3.51. The Hall–Kier alpha value is -1.98. The number of tetrazole rings is 1. The van der Waals surface area contributed by atoms with E-state index in [9.17, 15) is 4.39 Å². The minimum Gasteiger partial charge on any atom is -0.399 e. The fourth-order valence-electron chi connectivity index (χ4n) is 2.07. The summed E-state index contributed by atoms with van der Waals surface area (Å²) in [7, 11) is 0. The monoisotopic (exact) mass is 247 g/mol. The van der Waals surface area contributed by atoms with Crippen LogP contribution >= 0.6 is 0 Å². The summed E-state index contributed by atoms with van der Waals surface area (Å²) in [5.41, 5.74) is 7.07. The van der Waals surface area contributed by atoms with Gasteiger partial charge in [0.25, 0.3) is 0 Å². The van der Waals surface area contributed by atoms with Crippen molar-refractivity contribution in [3.63, 3.8) is 0 Å². The number of benzene rings is 1. The molecular weight excluding hydrogens is 233 g/mol. The lowest BCUT2D eigenvalue weighted by Gasteiger charge is -2.12. The first kappa shape index (κ1) is 11.1. The van der Waals surface area contributed by atoms with Gasteiger partial charge in [-0.3, -0.25) is 0 Å². The van der Waals surface area contributed by atoms with E-state index >= 15 is 0 Å². The maximum Gasteiger partial charge on any atom is 0.185 e. The Labute approximate surface area is 104 Å². The van der Waals surface area contributed by atoms with E-state index in [1.165, 1.54) is 0 Å². The second-order valence-electron chi connectivity index (χ2n) is 5.11. The average molecular weight is 247 g/mol. The second-order valence-corrected chi connectivity index (χ2v) is 5.11. The number of nitrogen functional groups attached to an aromatic ring is 1. The van der Waals surface area contributed by atoms with Crippen LogP contribution in [0.5, 0.6) is 0 Å². The molecule has 2 N–H and O–H groups in total. The first-order valence-corrected chi connectivity index (χ1v) is 5.86. The van der Waals surface area contributed by atoms with E-state index in [0.717, 1.165) is 12.8 Å². The fraction of sp³-hybridized carbons (Fsp3) is 0.417. The van der Waals surface area contributed by atoms with Gasteiger partial charge in [0, 0.05) is 5.69 Å². The topological polar surface area (TPSA) is 69.6 Å². The predicted octanol–water partition coefficient (Wildman–Crippen LogP) is 1.88. The first-order valence-electron chi connectivity index (χ1n) is 5.86. The Morgan fingerprint density at radius 2 is 2.11 bits per heavy atom. The molecule has 0 aliphatic heterocycles. The zero-order valence-corrected chi connectivity index (χ0v) is 10.3. The van der Waals surface area contributed by atoms with Crippen molar-refractivity contribution in [2.45, 2.75) is 32.2 Å². The molecule has 0 atom stereocenters. The van der Waals surface area contributed by atoms with Crippen LogP contribution in [0.15, 0.2) is 12.1 Å². The average Bonchev–Trinajstić information content (AvgIpc) is 2.89. The van der Waals surface area contributed by atoms with Crippen LogP contribution in [0.2, 0.25) is 0 Å². The summed E-state index contributed by atoms with van der Waals surface area (Å²) in [5.74, 6) is 0.132. The smallest absolute Gasteiger partial charge is 0.185 e. The van der Waals surface area contributed by atoms with Gasteiger partial charge < -0.3 is 5.73 Å². The van der Waals surface area contributed by atoms with Gasteiger partial charge in [0.15, 0.2) is 5.82 Å². The Bertz CT molecular complexity index is 615. The molecule has 0 saturated heterocycles. The van der Waals surface area contributed by atoms with Gasteiger partial charge in [-0.2, -0.15) is 0 Å². The molecule has 6 heteroatoms. The standard InChI is InChI=1S/C12H14FN5/c1-7-5-8(14)6-9(10(7)13)11-15-16-17-18(11)12(2)3-4-12/h5-6H,3-4,14H2,1-2H3. The van der Waals surface area contributed by atoms with Crippen LogP contribution in [-0.2, 0) is 5.54 Å². The molecule has 1 aliphatic carbocycles. The van der Waals surface area contributed by atoms with Gasteiger partial charge in [0.05, 0.1) is 11.1 Å². The van der Waals surface area contributed by atoms with Crippen LogP contribution in [0.1, 0.15) is 25.3 Å². The zero-order valence-electron chi connectivity index (χ0n) is 10.3. The molecule has 0 spiro atoms. The molecule has 0 unspecified atom stereocenters. The van der Waals surface area contributed by atoms with Crippen molar-refractivity contribution in [3.05, 3.63) is 23.5 Å². The molecule has 18 heavy (non-hydrogen) atoms. The third-order valence-electron chi connectivity index (χ3n) is 3.47. The van der Waals surface area contributed by atoms with Gasteiger partial charge in [0.2, 0.25) is 0 Å². The van der Waals surface area contributed by atoms with Crippen molar-refractivity contribution in [2.24, 2.45) is 0 Å². The van der Waals surface area contributed by atoms with Crippen molar-refractivity contribution in [2.75, 3.05) is 5.73 Å². The summed E-state index contributed by atoms with van der Waals surface area (Å²) in [4.78, 5) is 0. The number of rotatable bonds is 2. The number of nitrogens with zero attached hydrogens (tertiary/aromatic N) is 4. The molecule has 5 nitrogen and oxygen atoms in total. The van der Waals surface area contributed by atoms with Gasteiger partial charge >= 0.3 is 0 Å². The van der Waals surface area contributed by atoms with Crippen LogP contribution in [0.25, 0.3) is 11.4 Å². The molecule has 1 aromatic heterocycles. The molecule has 3 rings (SSSR count). The number of hydrogen-bond donors (Lipinski definition) is 1. The van der Waals surface area contributed by atoms with Crippen LogP contribution in [0.4, 0.5) is 10.1 Å². The lowest BCUT2D eigenvalue weighted by Crippen LogP contribution is -2.16. The summed E-state index contributed by atoms with van der Waals surface area (Å²) < 4.78 is 15.9. The molecule has 1 saturated carbocycles. The van der Waals surface area contributed by atoms with Crippen LogP contribution in [-0.4, -0.2) is 20.2 Å². The molecule has 1 aromatic carbocycles. The largest absolute Gasteiger partial charge is 0.399 e. The van der Waals surface area contributed by atoms with E-state index in [2.05, 4.69) is 22.4 Å². The predicted molar refractivity (Wildman–Crippen MR) is 65.2 cm³/mol. The van der Waals surface area contributed by atoms with Crippen LogP contribution in [0.3, 0.4) is 0 Å². The lowest BCUT2D eigenvalue weighted by atomic mass is 10.1. The van der Waals surface area contributed by atoms with Gasteiger partial charge in [-0.15, -0.1) is 5.10 Å². The molecule has 94 valence electrons. The lowest BCUT2D eigenvalue weighted by molar-refractivity contribution is 0.461. The minimum absolute atomic E-state index is 0.0796. The number of nitrogens with two attached hydrogens (primary N) is 1. The van der Waals surface area contributed by atoms with Crippen molar-refractivity contribution < 1.29 is 4.39 Å². The van der Waals surface area contributed by atoms with E-state index < -0.39 is 0 Å². The molecule has 0 radical (unpaired) electrons. The Morgan fingerprint density at radius 1 is 1.39 bits per heavy atom. The highest BCUT2D eigenvalue weighted by atomic mass is 19.1. The minimum atomic E-state index is -0.315. The number of aromatic nitrogens is 4. The normalized spacial score (nSPS) is 16.8. The number of aryl methyl sites for hydroxylation is 1. The van der Waals surface area contributed by atoms with E-state index in [1.807, 2.05) is 0 Å². The van der Waals surface area contributed by atoms with E-state index in [1.54, 1.807) is 23.7 Å². The molecule has 2 aromatic rings. The maximum absolute atomic E-state index is 14.2. The van der Waals surface area contributed by atoms with Crippen molar-refractivity contribution in [1.82, 2.24) is 20.2 Å². The Kier molecular flexibility index (Phi) is 2.17. The molecule has 0 amide bonds. The molecule has 1 fully saturated rings. The quantitative estimate of drug-likeness (QED) is 0.822. The zero-order chi connectivity index (χ0) is 12.9. The highest BCUT2D eigenvalue weighted by Crippen LogP contribution is 2.44. The summed E-state index contributed by atoms with van der Waals surface area (Å²) in [6.45, 7) is 3.74. The van der Waals surface area contributed by atoms with Crippen molar-refractivity contribution in [1.29, 1.82) is 0 Å². The fourth-order valence-corrected chi connectivity index (χ4v) is 2.07. The summed E-state index contributed by atoms with van der Waals surface area (Å²) >= 11 is 0. The van der Waals surface area contributed by atoms with Gasteiger partial charge in [0.1, 0.15) is 5.82 Å². The Morgan fingerprint density at radius 3 is 2.78 bits per heavy atom. The molecular formula is C12H14FN5. The van der Waals surface area contributed by atoms with E-state index in [4.69, 9.17) is 5.73 Å². The highest BCUT2D eigenvalue weighted by Gasteiger charge is 2.43. The molecule has 1 heterocycles.